The van der Waals surface area contributed by atoms with Crippen molar-refractivity contribution < 1.29 is 4.42 Å². The van der Waals surface area contributed by atoms with Gasteiger partial charge in [-0.1, -0.05) is 6.92 Å². The highest BCUT2D eigenvalue weighted by atomic mass is 16.3. The Morgan fingerprint density at radius 2 is 2.17 bits per heavy atom. The van der Waals surface area contributed by atoms with E-state index in [2.05, 4.69) is 23.2 Å². The third-order valence-corrected chi connectivity index (χ3v) is 4.52. The van der Waals surface area contributed by atoms with Gasteiger partial charge in [0.05, 0.1) is 6.26 Å². The molecule has 1 fully saturated rings. The van der Waals surface area contributed by atoms with Crippen LogP contribution in [0.2, 0.25) is 0 Å². The second-order valence-electron chi connectivity index (χ2n) is 5.62. The molecule has 0 aromatic carbocycles. The topological polar surface area (TPSA) is 28.4 Å². The lowest BCUT2D eigenvalue weighted by Crippen LogP contribution is -2.44. The SMILES string of the molecule is CCN1CCC(NC2CCCc3occc32)CC1. The summed E-state index contributed by atoms with van der Waals surface area (Å²) in [6.45, 7) is 5.95. The molecule has 1 aliphatic heterocycles. The highest BCUT2D eigenvalue weighted by Crippen LogP contribution is 2.31. The normalized spacial score (nSPS) is 26.2. The number of fused-ring (bicyclic) bond motifs is 1. The minimum atomic E-state index is 0.533. The number of aryl methyl sites for hydroxylation is 1. The first-order valence-corrected chi connectivity index (χ1v) is 7.41. The van der Waals surface area contributed by atoms with Crippen LogP contribution in [0.4, 0.5) is 0 Å². The zero-order valence-corrected chi connectivity index (χ0v) is 11.3. The van der Waals surface area contributed by atoms with Crippen LogP contribution in [0, 0.1) is 0 Å². The predicted molar refractivity (Wildman–Crippen MR) is 72.7 cm³/mol. The van der Waals surface area contributed by atoms with E-state index in [9.17, 15) is 0 Å². The molecule has 0 amide bonds. The molecule has 2 aliphatic rings. The molecule has 100 valence electrons. The van der Waals surface area contributed by atoms with Crippen LogP contribution in [-0.4, -0.2) is 30.6 Å². The fourth-order valence-corrected chi connectivity index (χ4v) is 3.36. The first-order valence-electron chi connectivity index (χ1n) is 7.41. The third kappa shape index (κ3) is 2.47. The van der Waals surface area contributed by atoms with Gasteiger partial charge in [-0.2, -0.15) is 0 Å². The molecule has 0 saturated carbocycles. The molecular formula is C15H24N2O. The summed E-state index contributed by atoms with van der Waals surface area (Å²) in [7, 11) is 0. The standard InChI is InChI=1S/C15H24N2O/c1-2-17-9-6-12(7-10-17)16-14-4-3-5-15-13(14)8-11-18-15/h8,11-12,14,16H,2-7,9-10H2,1H3. The highest BCUT2D eigenvalue weighted by Gasteiger charge is 2.26. The summed E-state index contributed by atoms with van der Waals surface area (Å²) in [5.74, 6) is 1.21. The van der Waals surface area contributed by atoms with E-state index in [0.29, 0.717) is 12.1 Å². The summed E-state index contributed by atoms with van der Waals surface area (Å²) < 4.78 is 5.56. The Morgan fingerprint density at radius 1 is 1.33 bits per heavy atom. The van der Waals surface area contributed by atoms with Gasteiger partial charge in [-0.05, 0) is 51.4 Å². The van der Waals surface area contributed by atoms with E-state index in [4.69, 9.17) is 4.42 Å². The van der Waals surface area contributed by atoms with Crippen molar-refractivity contribution >= 4 is 0 Å². The van der Waals surface area contributed by atoms with Gasteiger partial charge in [0.15, 0.2) is 0 Å². The maximum absolute atomic E-state index is 5.56. The second kappa shape index (κ2) is 5.45. The smallest absolute Gasteiger partial charge is 0.108 e. The molecule has 1 aromatic heterocycles. The van der Waals surface area contributed by atoms with E-state index in [-0.39, 0.29) is 0 Å². The molecule has 1 saturated heterocycles. The second-order valence-corrected chi connectivity index (χ2v) is 5.62. The van der Waals surface area contributed by atoms with Crippen molar-refractivity contribution in [2.75, 3.05) is 19.6 Å². The Kier molecular flexibility index (Phi) is 3.71. The number of piperidine rings is 1. The summed E-state index contributed by atoms with van der Waals surface area (Å²) in [5, 5.41) is 3.86. The summed E-state index contributed by atoms with van der Waals surface area (Å²) in [4.78, 5) is 2.54. The first kappa shape index (κ1) is 12.2. The largest absolute Gasteiger partial charge is 0.469 e. The quantitative estimate of drug-likeness (QED) is 0.891. The molecular weight excluding hydrogens is 224 g/mol. The van der Waals surface area contributed by atoms with E-state index in [1.807, 2.05) is 6.26 Å². The maximum Gasteiger partial charge on any atom is 0.108 e. The molecule has 18 heavy (non-hydrogen) atoms. The Labute approximate surface area is 110 Å². The van der Waals surface area contributed by atoms with Gasteiger partial charge >= 0.3 is 0 Å². The average Bonchev–Trinajstić information content (AvgIpc) is 2.89. The zero-order valence-electron chi connectivity index (χ0n) is 11.3. The molecule has 3 nitrogen and oxygen atoms in total. The minimum Gasteiger partial charge on any atom is -0.469 e. The lowest BCUT2D eigenvalue weighted by atomic mass is 9.91. The van der Waals surface area contributed by atoms with Gasteiger partial charge in [-0.3, -0.25) is 0 Å². The molecule has 1 aliphatic carbocycles. The van der Waals surface area contributed by atoms with E-state index >= 15 is 0 Å². The van der Waals surface area contributed by atoms with Crippen LogP contribution in [0.15, 0.2) is 16.7 Å². The summed E-state index contributed by atoms with van der Waals surface area (Å²) in [5.41, 5.74) is 1.42. The van der Waals surface area contributed by atoms with Crippen LogP contribution in [0.3, 0.4) is 0 Å². The van der Waals surface area contributed by atoms with Gasteiger partial charge < -0.3 is 14.6 Å². The molecule has 0 bridgehead atoms. The van der Waals surface area contributed by atoms with Crippen molar-refractivity contribution in [2.24, 2.45) is 0 Å². The first-order chi connectivity index (χ1) is 8.86. The molecule has 3 rings (SSSR count). The number of furan rings is 1. The fourth-order valence-electron chi connectivity index (χ4n) is 3.36. The molecule has 1 N–H and O–H groups in total. The number of hydrogen-bond acceptors (Lipinski definition) is 3. The molecule has 1 unspecified atom stereocenters. The number of rotatable bonds is 3. The third-order valence-electron chi connectivity index (χ3n) is 4.52. The molecule has 0 radical (unpaired) electrons. The Balaban J connectivity index is 1.58. The van der Waals surface area contributed by atoms with Gasteiger partial charge in [0, 0.05) is 24.1 Å². The fraction of sp³-hybridized carbons (Fsp3) is 0.733. The van der Waals surface area contributed by atoms with Gasteiger partial charge in [0.1, 0.15) is 5.76 Å². The molecule has 2 heterocycles. The van der Waals surface area contributed by atoms with Crippen LogP contribution in [0.25, 0.3) is 0 Å². The van der Waals surface area contributed by atoms with Crippen LogP contribution in [0.5, 0.6) is 0 Å². The van der Waals surface area contributed by atoms with E-state index in [1.165, 1.54) is 56.6 Å². The average molecular weight is 248 g/mol. The van der Waals surface area contributed by atoms with Crippen LogP contribution in [-0.2, 0) is 6.42 Å². The summed E-state index contributed by atoms with van der Waals surface area (Å²) in [6, 6.07) is 3.39. The Bertz CT molecular complexity index is 380. The van der Waals surface area contributed by atoms with Gasteiger partial charge in [0.2, 0.25) is 0 Å². The Morgan fingerprint density at radius 3 is 2.94 bits per heavy atom. The van der Waals surface area contributed by atoms with Crippen LogP contribution < -0.4 is 5.32 Å². The molecule has 1 aromatic rings. The van der Waals surface area contributed by atoms with Crippen molar-refractivity contribution in [1.29, 1.82) is 0 Å². The predicted octanol–water partition coefficient (Wildman–Crippen LogP) is 2.73. The minimum absolute atomic E-state index is 0.533. The van der Waals surface area contributed by atoms with Gasteiger partial charge in [0.25, 0.3) is 0 Å². The van der Waals surface area contributed by atoms with E-state index in [1.54, 1.807) is 0 Å². The highest BCUT2D eigenvalue weighted by molar-refractivity contribution is 5.24. The monoisotopic (exact) mass is 248 g/mol. The Hall–Kier alpha value is -0.800. The van der Waals surface area contributed by atoms with Crippen molar-refractivity contribution in [2.45, 2.75) is 51.1 Å². The molecule has 3 heteroatoms. The maximum atomic E-state index is 5.56. The zero-order chi connectivity index (χ0) is 12.4. The molecule has 1 atom stereocenters. The summed E-state index contributed by atoms with van der Waals surface area (Å²) in [6.07, 6.45) is 8.07. The van der Waals surface area contributed by atoms with Crippen molar-refractivity contribution in [3.05, 3.63) is 23.7 Å². The lowest BCUT2D eigenvalue weighted by Gasteiger charge is -2.35. The number of nitrogens with zero attached hydrogens (tertiary/aromatic N) is 1. The van der Waals surface area contributed by atoms with Gasteiger partial charge in [-0.15, -0.1) is 0 Å². The van der Waals surface area contributed by atoms with Gasteiger partial charge in [-0.25, -0.2) is 0 Å². The number of likely N-dealkylation sites (tertiary alicyclic amines) is 1. The van der Waals surface area contributed by atoms with Crippen molar-refractivity contribution in [1.82, 2.24) is 10.2 Å². The van der Waals surface area contributed by atoms with Crippen molar-refractivity contribution in [3.8, 4) is 0 Å². The molecule has 0 spiro atoms. The summed E-state index contributed by atoms with van der Waals surface area (Å²) >= 11 is 0. The van der Waals surface area contributed by atoms with E-state index < -0.39 is 0 Å². The number of nitrogens with one attached hydrogen (secondary N) is 1. The van der Waals surface area contributed by atoms with Crippen LogP contribution >= 0.6 is 0 Å². The van der Waals surface area contributed by atoms with Crippen molar-refractivity contribution in [3.63, 3.8) is 0 Å². The lowest BCUT2D eigenvalue weighted by molar-refractivity contribution is 0.195. The number of hydrogen-bond donors (Lipinski definition) is 1. The van der Waals surface area contributed by atoms with E-state index in [0.717, 1.165) is 6.42 Å². The van der Waals surface area contributed by atoms with Crippen LogP contribution in [0.1, 0.15) is 50.0 Å².